The third kappa shape index (κ3) is 2.10. The first-order valence-electron chi connectivity index (χ1n) is 4.43. The van der Waals surface area contributed by atoms with Gasteiger partial charge in [0.05, 0.1) is 5.69 Å². The standard InChI is InChI=1S/C9H7BF2N2O2/c11-7-1-8(12)3-9(2-7)14-5-6(4-13-14)10(15)16/h1-5,15-16H. The van der Waals surface area contributed by atoms with Crippen LogP contribution < -0.4 is 5.46 Å². The monoisotopic (exact) mass is 224 g/mol. The third-order valence-electron chi connectivity index (χ3n) is 2.01. The minimum absolute atomic E-state index is 0.143. The van der Waals surface area contributed by atoms with Crippen LogP contribution >= 0.6 is 0 Å². The summed E-state index contributed by atoms with van der Waals surface area (Å²) < 4.78 is 27.0. The number of hydrogen-bond acceptors (Lipinski definition) is 3. The van der Waals surface area contributed by atoms with E-state index in [1.165, 1.54) is 12.4 Å². The molecule has 0 saturated heterocycles. The van der Waals surface area contributed by atoms with E-state index in [0.29, 0.717) is 0 Å². The molecule has 2 rings (SSSR count). The molecule has 7 heteroatoms. The molecule has 2 N–H and O–H groups in total. The molecule has 4 nitrogen and oxygen atoms in total. The van der Waals surface area contributed by atoms with Crippen molar-refractivity contribution in [2.24, 2.45) is 0 Å². The van der Waals surface area contributed by atoms with Gasteiger partial charge >= 0.3 is 7.12 Å². The fourth-order valence-corrected chi connectivity index (χ4v) is 1.28. The average molecular weight is 224 g/mol. The van der Waals surface area contributed by atoms with Crippen LogP contribution in [0, 0.1) is 11.6 Å². The Morgan fingerprint density at radius 2 is 1.75 bits per heavy atom. The molecule has 2 aromatic rings. The number of rotatable bonds is 2. The van der Waals surface area contributed by atoms with E-state index in [4.69, 9.17) is 10.0 Å². The molecule has 1 aromatic carbocycles. The molecule has 82 valence electrons. The highest BCUT2D eigenvalue weighted by atomic mass is 19.1. The summed E-state index contributed by atoms with van der Waals surface area (Å²) in [7, 11) is -1.66. The first-order chi connectivity index (χ1) is 7.56. The number of hydrogen-bond donors (Lipinski definition) is 2. The minimum Gasteiger partial charge on any atom is -0.423 e. The Balaban J connectivity index is 2.42. The van der Waals surface area contributed by atoms with E-state index < -0.39 is 18.8 Å². The van der Waals surface area contributed by atoms with Crippen LogP contribution in [0.1, 0.15) is 0 Å². The highest BCUT2D eigenvalue weighted by molar-refractivity contribution is 6.58. The van der Waals surface area contributed by atoms with Crippen molar-refractivity contribution >= 4 is 12.6 Å². The molecule has 0 aliphatic heterocycles. The number of nitrogens with zero attached hydrogens (tertiary/aromatic N) is 2. The lowest BCUT2D eigenvalue weighted by molar-refractivity contribution is 0.426. The summed E-state index contributed by atoms with van der Waals surface area (Å²) in [5.74, 6) is -1.45. The highest BCUT2D eigenvalue weighted by Gasteiger charge is 2.14. The van der Waals surface area contributed by atoms with E-state index in [9.17, 15) is 8.78 Å². The van der Waals surface area contributed by atoms with Crippen molar-refractivity contribution < 1.29 is 18.8 Å². The summed E-state index contributed by atoms with van der Waals surface area (Å²) in [5.41, 5.74) is 0.314. The fraction of sp³-hybridized carbons (Fsp3) is 0. The van der Waals surface area contributed by atoms with Crippen LogP contribution in [0.15, 0.2) is 30.6 Å². The van der Waals surface area contributed by atoms with Gasteiger partial charge in [0.1, 0.15) is 11.6 Å². The molecule has 0 atom stereocenters. The van der Waals surface area contributed by atoms with Crippen molar-refractivity contribution in [2.75, 3.05) is 0 Å². The van der Waals surface area contributed by atoms with Crippen LogP contribution in [0.25, 0.3) is 5.69 Å². The number of aromatic nitrogens is 2. The van der Waals surface area contributed by atoms with Gasteiger partial charge in [-0.2, -0.15) is 5.10 Å². The quantitative estimate of drug-likeness (QED) is 0.696. The second kappa shape index (κ2) is 4.03. The molecule has 0 unspecified atom stereocenters. The Hall–Kier alpha value is -1.73. The molecule has 0 aliphatic rings. The Morgan fingerprint density at radius 3 is 2.25 bits per heavy atom. The lowest BCUT2D eigenvalue weighted by Gasteiger charge is -2.01. The van der Waals surface area contributed by atoms with Crippen LogP contribution in [0.2, 0.25) is 0 Å². The zero-order chi connectivity index (χ0) is 11.7. The molecule has 0 fully saturated rings. The van der Waals surface area contributed by atoms with E-state index in [0.717, 1.165) is 22.9 Å². The molecular weight excluding hydrogens is 217 g/mol. The van der Waals surface area contributed by atoms with Gasteiger partial charge in [-0.25, -0.2) is 13.5 Å². The van der Waals surface area contributed by atoms with E-state index in [2.05, 4.69) is 5.10 Å². The van der Waals surface area contributed by atoms with Crippen LogP contribution in [0.3, 0.4) is 0 Å². The average Bonchev–Trinajstić information content (AvgIpc) is 2.64. The molecule has 0 bridgehead atoms. The lowest BCUT2D eigenvalue weighted by Crippen LogP contribution is -2.28. The molecule has 1 heterocycles. The van der Waals surface area contributed by atoms with Crippen LogP contribution in [0.4, 0.5) is 8.78 Å². The first kappa shape index (κ1) is 10.8. The molecule has 0 aliphatic carbocycles. The lowest BCUT2D eigenvalue weighted by atomic mass is 9.83. The molecule has 0 saturated carbocycles. The molecule has 1 aromatic heterocycles. The Labute approximate surface area is 89.9 Å². The Morgan fingerprint density at radius 1 is 1.12 bits per heavy atom. The molecule has 0 amide bonds. The normalized spacial score (nSPS) is 10.5. The maximum Gasteiger partial charge on any atom is 0.491 e. The maximum absolute atomic E-state index is 12.9. The van der Waals surface area contributed by atoms with Gasteiger partial charge in [0.15, 0.2) is 0 Å². The molecule has 16 heavy (non-hydrogen) atoms. The Kier molecular flexibility index (Phi) is 2.72. The van der Waals surface area contributed by atoms with E-state index in [1.807, 2.05) is 0 Å². The van der Waals surface area contributed by atoms with Gasteiger partial charge in [-0.3, -0.25) is 0 Å². The van der Waals surface area contributed by atoms with Crippen molar-refractivity contribution in [3.63, 3.8) is 0 Å². The summed E-state index contributed by atoms with van der Waals surface area (Å²) in [6.07, 6.45) is 2.48. The zero-order valence-electron chi connectivity index (χ0n) is 8.01. The van der Waals surface area contributed by atoms with Gasteiger partial charge in [0, 0.05) is 23.9 Å². The summed E-state index contributed by atoms with van der Waals surface area (Å²) in [6, 6.07) is 2.92. The van der Waals surface area contributed by atoms with Gasteiger partial charge in [-0.15, -0.1) is 0 Å². The summed E-state index contributed by atoms with van der Waals surface area (Å²) in [5, 5.41) is 21.4. The van der Waals surface area contributed by atoms with Crippen molar-refractivity contribution in [1.29, 1.82) is 0 Å². The van der Waals surface area contributed by atoms with Gasteiger partial charge in [0.2, 0.25) is 0 Å². The molecular formula is C9H7BF2N2O2. The topological polar surface area (TPSA) is 58.3 Å². The largest absolute Gasteiger partial charge is 0.491 e. The number of benzene rings is 1. The first-order valence-corrected chi connectivity index (χ1v) is 4.43. The third-order valence-corrected chi connectivity index (χ3v) is 2.01. The molecule has 0 radical (unpaired) electrons. The minimum atomic E-state index is -1.66. The summed E-state index contributed by atoms with van der Waals surface area (Å²) in [4.78, 5) is 0. The van der Waals surface area contributed by atoms with Crippen LogP contribution in [-0.4, -0.2) is 26.9 Å². The second-order valence-electron chi connectivity index (χ2n) is 3.22. The van der Waals surface area contributed by atoms with E-state index in [-0.39, 0.29) is 11.2 Å². The predicted octanol–water partition coefficient (Wildman–Crippen LogP) is -0.170. The summed E-state index contributed by atoms with van der Waals surface area (Å²) >= 11 is 0. The van der Waals surface area contributed by atoms with Crippen molar-refractivity contribution in [3.8, 4) is 5.69 Å². The van der Waals surface area contributed by atoms with E-state index >= 15 is 0 Å². The SMILES string of the molecule is OB(O)c1cnn(-c2cc(F)cc(F)c2)c1. The maximum atomic E-state index is 12.9. The van der Waals surface area contributed by atoms with E-state index in [1.54, 1.807) is 0 Å². The molecule has 0 spiro atoms. The second-order valence-corrected chi connectivity index (χ2v) is 3.22. The van der Waals surface area contributed by atoms with Crippen molar-refractivity contribution in [2.45, 2.75) is 0 Å². The smallest absolute Gasteiger partial charge is 0.423 e. The van der Waals surface area contributed by atoms with Crippen molar-refractivity contribution in [3.05, 3.63) is 42.2 Å². The van der Waals surface area contributed by atoms with Gasteiger partial charge in [-0.05, 0) is 12.1 Å². The van der Waals surface area contributed by atoms with Gasteiger partial charge < -0.3 is 10.0 Å². The van der Waals surface area contributed by atoms with Crippen molar-refractivity contribution in [1.82, 2.24) is 9.78 Å². The van der Waals surface area contributed by atoms with Crippen LogP contribution in [0.5, 0.6) is 0 Å². The fourth-order valence-electron chi connectivity index (χ4n) is 1.28. The predicted molar refractivity (Wildman–Crippen MR) is 53.3 cm³/mol. The van der Waals surface area contributed by atoms with Gasteiger partial charge in [-0.1, -0.05) is 0 Å². The summed E-state index contributed by atoms with van der Waals surface area (Å²) in [6.45, 7) is 0. The highest BCUT2D eigenvalue weighted by Crippen LogP contribution is 2.11. The van der Waals surface area contributed by atoms with Gasteiger partial charge in [0.25, 0.3) is 0 Å². The zero-order valence-corrected chi connectivity index (χ0v) is 8.01. The number of halogens is 2. The van der Waals surface area contributed by atoms with Crippen LogP contribution in [-0.2, 0) is 0 Å². The Bertz CT molecular complexity index is 496.